The summed E-state index contributed by atoms with van der Waals surface area (Å²) in [6, 6.07) is 0. The maximum Gasteiger partial charge on any atom is 0.631 e. The Kier molecular flexibility index (Phi) is 58.0. The molecular formula is H9BMgO5. The molecule has 0 aromatic carbocycles. The summed E-state index contributed by atoms with van der Waals surface area (Å²) in [5, 5.41) is 21.5. The van der Waals surface area contributed by atoms with Gasteiger partial charge >= 0.3 is 30.4 Å². The van der Waals surface area contributed by atoms with Crippen LogP contribution in [0, 0.1) is 0 Å². The molecule has 5 nitrogen and oxygen atoms in total. The molecule has 0 amide bonds. The number of hydrogen-bond acceptors (Lipinski definition) is 3. The molecule has 0 saturated carbocycles. The molecular weight excluding hydrogens is 115 g/mol. The highest BCUT2D eigenvalue weighted by Gasteiger charge is 1.92. The van der Waals surface area contributed by atoms with Crippen LogP contribution in [0.15, 0.2) is 0 Å². The summed E-state index contributed by atoms with van der Waals surface area (Å²) in [5.41, 5.74) is 0. The molecule has 7 heavy (non-hydrogen) atoms. The molecule has 0 saturated heterocycles. The lowest BCUT2D eigenvalue weighted by molar-refractivity contribution is 0.278. The van der Waals surface area contributed by atoms with Crippen molar-refractivity contribution in [2.75, 3.05) is 0 Å². The van der Waals surface area contributed by atoms with Crippen LogP contribution >= 0.6 is 0 Å². The van der Waals surface area contributed by atoms with Gasteiger partial charge < -0.3 is 26.0 Å². The Hall–Kier alpha value is 0.631. The van der Waals surface area contributed by atoms with Crippen molar-refractivity contribution in [3.8, 4) is 0 Å². The van der Waals surface area contributed by atoms with Gasteiger partial charge in [0.25, 0.3) is 0 Å². The van der Waals surface area contributed by atoms with Gasteiger partial charge in [0.2, 0.25) is 0 Å². The Morgan fingerprint density at radius 3 is 0.857 bits per heavy atom. The molecule has 0 spiro atoms. The lowest BCUT2D eigenvalue weighted by Gasteiger charge is -1.69. The molecule has 0 unspecified atom stereocenters. The van der Waals surface area contributed by atoms with Crippen molar-refractivity contribution < 1.29 is 26.0 Å². The molecule has 0 radical (unpaired) electrons. The van der Waals surface area contributed by atoms with E-state index in [0.717, 1.165) is 0 Å². The highest BCUT2D eigenvalue weighted by Crippen LogP contribution is 1.40. The molecule has 0 aliphatic carbocycles. The summed E-state index contributed by atoms with van der Waals surface area (Å²) in [7, 11) is -2.17. The van der Waals surface area contributed by atoms with Gasteiger partial charge in [0.05, 0.1) is 0 Å². The SMILES string of the molecule is O.O.OB(O)O.[MgH2]. The predicted molar refractivity (Wildman–Crippen MR) is 28.2 cm³/mol. The third-order valence-corrected chi connectivity index (χ3v) is 0. The fourth-order valence-corrected chi connectivity index (χ4v) is 0. The second kappa shape index (κ2) is 15.9. The number of hydrogen-bond donors (Lipinski definition) is 3. The van der Waals surface area contributed by atoms with Crippen molar-refractivity contribution in [1.82, 2.24) is 0 Å². The monoisotopic (exact) mass is 124 g/mol. The van der Waals surface area contributed by atoms with E-state index >= 15 is 0 Å². The van der Waals surface area contributed by atoms with Gasteiger partial charge in [-0.1, -0.05) is 0 Å². The molecule has 0 aromatic rings. The minimum Gasteiger partial charge on any atom is -0.412 e. The maximum absolute atomic E-state index is 7.17. The van der Waals surface area contributed by atoms with Gasteiger partial charge in [-0.2, -0.15) is 0 Å². The predicted octanol–water partition coefficient (Wildman–Crippen LogP) is -4.62. The quantitative estimate of drug-likeness (QED) is 0.281. The summed E-state index contributed by atoms with van der Waals surface area (Å²) in [4.78, 5) is 0. The van der Waals surface area contributed by atoms with E-state index in [9.17, 15) is 0 Å². The Bertz CT molecular complexity index is 12.8. The molecule has 0 aromatic heterocycles. The van der Waals surface area contributed by atoms with E-state index in [1.165, 1.54) is 0 Å². The fraction of sp³-hybridized carbons (Fsp3) is 0. The molecule has 0 aliphatic rings. The highest BCUT2D eigenvalue weighted by molar-refractivity contribution is 6.30. The molecule has 44 valence electrons. The van der Waals surface area contributed by atoms with Gasteiger partial charge in [-0.3, -0.25) is 0 Å². The van der Waals surface area contributed by atoms with Gasteiger partial charge in [-0.05, 0) is 0 Å². The van der Waals surface area contributed by atoms with Crippen LogP contribution in [0.3, 0.4) is 0 Å². The van der Waals surface area contributed by atoms with Crippen LogP contribution in [0.4, 0.5) is 0 Å². The standard InChI is InChI=1S/BH3O3.Mg.2H2O.2H/c2-1(3)4;;;;;/h2-4H;;2*1H2;;. The maximum atomic E-state index is 7.17. The van der Waals surface area contributed by atoms with E-state index in [-0.39, 0.29) is 34.0 Å². The van der Waals surface area contributed by atoms with Crippen molar-refractivity contribution in [2.24, 2.45) is 0 Å². The summed E-state index contributed by atoms with van der Waals surface area (Å²) < 4.78 is 0. The van der Waals surface area contributed by atoms with Gasteiger partial charge in [-0.15, -0.1) is 0 Å². The normalized spacial score (nSPS) is 3.86. The topological polar surface area (TPSA) is 124 Å². The minimum absolute atomic E-state index is 0. The highest BCUT2D eigenvalue weighted by atomic mass is 24.3. The van der Waals surface area contributed by atoms with Crippen LogP contribution in [-0.4, -0.2) is 56.4 Å². The molecule has 7 heteroatoms. The molecule has 0 heterocycles. The lowest BCUT2D eigenvalue weighted by atomic mass is 10.3. The molecule has 0 fully saturated rings. The first-order valence-corrected chi connectivity index (χ1v) is 0.775. The smallest absolute Gasteiger partial charge is 0.412 e. The van der Waals surface area contributed by atoms with Crippen molar-refractivity contribution in [3.05, 3.63) is 0 Å². The van der Waals surface area contributed by atoms with Crippen molar-refractivity contribution in [2.45, 2.75) is 0 Å². The van der Waals surface area contributed by atoms with Crippen LogP contribution in [0.2, 0.25) is 0 Å². The summed E-state index contributed by atoms with van der Waals surface area (Å²) >= 11 is 0. The van der Waals surface area contributed by atoms with E-state index in [1.54, 1.807) is 0 Å². The third-order valence-electron chi connectivity index (χ3n) is 0. The van der Waals surface area contributed by atoms with Crippen molar-refractivity contribution >= 4 is 30.4 Å². The van der Waals surface area contributed by atoms with E-state index < -0.39 is 7.32 Å². The van der Waals surface area contributed by atoms with E-state index in [1.807, 2.05) is 0 Å². The van der Waals surface area contributed by atoms with Crippen LogP contribution < -0.4 is 0 Å². The van der Waals surface area contributed by atoms with Gasteiger partial charge in [-0.25, -0.2) is 0 Å². The van der Waals surface area contributed by atoms with Gasteiger partial charge in [0.15, 0.2) is 0 Å². The van der Waals surface area contributed by atoms with E-state index in [4.69, 9.17) is 15.1 Å². The third kappa shape index (κ3) is 357. The van der Waals surface area contributed by atoms with Crippen molar-refractivity contribution in [3.63, 3.8) is 0 Å². The van der Waals surface area contributed by atoms with Crippen molar-refractivity contribution in [1.29, 1.82) is 0 Å². The zero-order valence-electron chi connectivity index (χ0n) is 2.92. The summed E-state index contributed by atoms with van der Waals surface area (Å²) in [5.74, 6) is 0. The number of rotatable bonds is 0. The van der Waals surface area contributed by atoms with Crippen LogP contribution in [0.5, 0.6) is 0 Å². The Morgan fingerprint density at radius 1 is 0.857 bits per heavy atom. The average Bonchev–Trinajstić information content (AvgIpc) is 0.811. The second-order valence-corrected chi connectivity index (χ2v) is 0.346. The largest absolute Gasteiger partial charge is 0.631 e. The Balaban J connectivity index is -0.0000000150. The second-order valence-electron chi connectivity index (χ2n) is 0.346. The molecule has 0 atom stereocenters. The zero-order chi connectivity index (χ0) is 3.58. The zero-order valence-corrected chi connectivity index (χ0v) is 2.92. The van der Waals surface area contributed by atoms with Crippen LogP contribution in [0.25, 0.3) is 0 Å². The first-order chi connectivity index (χ1) is 1.73. The lowest BCUT2D eigenvalue weighted by Crippen LogP contribution is -2.07. The molecule has 0 aliphatic heterocycles. The van der Waals surface area contributed by atoms with Crippen LogP contribution in [-0.2, 0) is 0 Å². The van der Waals surface area contributed by atoms with Gasteiger partial charge in [0.1, 0.15) is 0 Å². The molecule has 7 N–H and O–H groups in total. The Labute approximate surface area is 56.9 Å². The fourth-order valence-electron chi connectivity index (χ4n) is 0. The molecule has 0 bridgehead atoms. The summed E-state index contributed by atoms with van der Waals surface area (Å²) in [6.07, 6.45) is 0. The van der Waals surface area contributed by atoms with E-state index in [0.29, 0.717) is 0 Å². The average molecular weight is 124 g/mol. The first kappa shape index (κ1) is 25.4. The molecule has 0 rings (SSSR count). The summed E-state index contributed by atoms with van der Waals surface area (Å²) in [6.45, 7) is 0. The minimum atomic E-state index is -2.17. The van der Waals surface area contributed by atoms with Crippen LogP contribution in [0.1, 0.15) is 0 Å². The van der Waals surface area contributed by atoms with E-state index in [2.05, 4.69) is 0 Å². The van der Waals surface area contributed by atoms with Gasteiger partial charge in [0, 0.05) is 0 Å². The first-order valence-electron chi connectivity index (χ1n) is 0.775. The Morgan fingerprint density at radius 2 is 0.857 bits per heavy atom.